The summed E-state index contributed by atoms with van der Waals surface area (Å²) in [7, 11) is 1.66. The van der Waals surface area contributed by atoms with E-state index in [1.165, 1.54) is 17.0 Å². The summed E-state index contributed by atoms with van der Waals surface area (Å²) in [6.07, 6.45) is -0.626. The van der Waals surface area contributed by atoms with Crippen LogP contribution in [-0.4, -0.2) is 30.6 Å². The molecular formula is C18H19F2NO3. The summed E-state index contributed by atoms with van der Waals surface area (Å²) in [5.41, 5.74) is 0.805. The number of likely N-dealkylation sites (N-methyl/N-ethyl adjacent to an activating group) is 1. The molecular weight excluding hydrogens is 316 g/mol. The van der Waals surface area contributed by atoms with E-state index in [0.29, 0.717) is 12.3 Å². The van der Waals surface area contributed by atoms with Gasteiger partial charge in [-0.15, -0.1) is 0 Å². The summed E-state index contributed by atoms with van der Waals surface area (Å²) >= 11 is 0. The van der Waals surface area contributed by atoms with Gasteiger partial charge in [0.15, 0.2) is 6.10 Å². The molecule has 0 aliphatic rings. The number of benzene rings is 2. The van der Waals surface area contributed by atoms with E-state index in [0.717, 1.165) is 5.56 Å². The molecule has 1 unspecified atom stereocenters. The lowest BCUT2D eigenvalue weighted by atomic mass is 10.2. The van der Waals surface area contributed by atoms with E-state index in [1.54, 1.807) is 38.2 Å². The Bertz CT molecular complexity index is 647. The highest BCUT2D eigenvalue weighted by molar-refractivity contribution is 5.80. The molecule has 0 bridgehead atoms. The predicted octanol–water partition coefficient (Wildman–Crippen LogP) is 3.71. The van der Waals surface area contributed by atoms with Crippen molar-refractivity contribution in [3.8, 4) is 11.5 Å². The first-order valence-corrected chi connectivity index (χ1v) is 7.46. The molecule has 0 N–H and O–H groups in total. The van der Waals surface area contributed by atoms with Crippen molar-refractivity contribution < 1.29 is 23.0 Å². The minimum Gasteiger partial charge on any atom is -0.481 e. The molecule has 0 spiro atoms. The van der Waals surface area contributed by atoms with Gasteiger partial charge in [0, 0.05) is 13.6 Å². The van der Waals surface area contributed by atoms with Gasteiger partial charge in [-0.1, -0.05) is 30.3 Å². The zero-order valence-electron chi connectivity index (χ0n) is 13.5. The van der Waals surface area contributed by atoms with Crippen molar-refractivity contribution in [2.24, 2.45) is 0 Å². The number of hydrogen-bond donors (Lipinski definition) is 0. The Morgan fingerprint density at radius 2 is 1.58 bits per heavy atom. The number of amides is 1. The summed E-state index contributed by atoms with van der Waals surface area (Å²) in [5.74, 6) is 0.538. The fourth-order valence-corrected chi connectivity index (χ4v) is 2.19. The largest absolute Gasteiger partial charge is 0.481 e. The molecule has 4 nitrogen and oxygen atoms in total. The van der Waals surface area contributed by atoms with Crippen molar-refractivity contribution in [1.29, 1.82) is 0 Å². The molecule has 0 heterocycles. The van der Waals surface area contributed by atoms with Gasteiger partial charge < -0.3 is 14.4 Å². The van der Waals surface area contributed by atoms with Crippen LogP contribution in [0.3, 0.4) is 0 Å². The molecule has 24 heavy (non-hydrogen) atoms. The summed E-state index contributed by atoms with van der Waals surface area (Å²) in [6.45, 7) is -0.821. The lowest BCUT2D eigenvalue weighted by Gasteiger charge is -2.22. The van der Waals surface area contributed by atoms with Crippen LogP contribution in [-0.2, 0) is 11.3 Å². The van der Waals surface area contributed by atoms with Crippen molar-refractivity contribution in [2.75, 3.05) is 7.05 Å². The van der Waals surface area contributed by atoms with E-state index in [2.05, 4.69) is 4.74 Å². The Kier molecular flexibility index (Phi) is 6.12. The van der Waals surface area contributed by atoms with Crippen molar-refractivity contribution >= 4 is 5.91 Å². The average molecular weight is 335 g/mol. The highest BCUT2D eigenvalue weighted by Crippen LogP contribution is 2.17. The number of para-hydroxylation sites is 1. The first-order valence-electron chi connectivity index (χ1n) is 7.46. The average Bonchev–Trinajstić information content (AvgIpc) is 2.56. The summed E-state index contributed by atoms with van der Waals surface area (Å²) in [4.78, 5) is 13.9. The van der Waals surface area contributed by atoms with Gasteiger partial charge in [-0.05, 0) is 36.8 Å². The second-order valence-corrected chi connectivity index (χ2v) is 5.29. The molecule has 0 fully saturated rings. The van der Waals surface area contributed by atoms with Crippen LogP contribution < -0.4 is 9.47 Å². The first-order chi connectivity index (χ1) is 11.5. The van der Waals surface area contributed by atoms with Crippen LogP contribution in [0.2, 0.25) is 0 Å². The Morgan fingerprint density at radius 3 is 2.17 bits per heavy atom. The number of alkyl halides is 2. The third-order valence-electron chi connectivity index (χ3n) is 3.35. The number of carbonyl (C=O) groups excluding carboxylic acids is 1. The van der Waals surface area contributed by atoms with E-state index in [1.807, 2.05) is 18.2 Å². The quantitative estimate of drug-likeness (QED) is 0.774. The van der Waals surface area contributed by atoms with Gasteiger partial charge in [-0.2, -0.15) is 8.78 Å². The number of hydrogen-bond acceptors (Lipinski definition) is 3. The van der Waals surface area contributed by atoms with E-state index < -0.39 is 12.7 Å². The number of carbonyl (C=O) groups is 1. The Balaban J connectivity index is 1.90. The van der Waals surface area contributed by atoms with Gasteiger partial charge in [-0.25, -0.2) is 0 Å². The molecule has 1 atom stereocenters. The Morgan fingerprint density at radius 1 is 1.00 bits per heavy atom. The molecule has 0 aliphatic heterocycles. The van der Waals surface area contributed by atoms with Crippen molar-refractivity contribution in [3.05, 3.63) is 60.2 Å². The van der Waals surface area contributed by atoms with E-state index in [9.17, 15) is 13.6 Å². The van der Waals surface area contributed by atoms with Gasteiger partial charge >= 0.3 is 6.61 Å². The monoisotopic (exact) mass is 335 g/mol. The van der Waals surface area contributed by atoms with Crippen LogP contribution >= 0.6 is 0 Å². The third kappa shape index (κ3) is 5.22. The SMILES string of the molecule is CC(Oc1ccccc1)C(=O)N(C)Cc1ccc(OC(F)F)cc1. The highest BCUT2D eigenvalue weighted by atomic mass is 19.3. The maximum absolute atomic E-state index is 12.3. The summed E-state index contributed by atoms with van der Waals surface area (Å²) < 4.78 is 34.1. The molecule has 2 rings (SSSR count). The zero-order valence-corrected chi connectivity index (χ0v) is 13.5. The first kappa shape index (κ1) is 17.7. The summed E-state index contributed by atoms with van der Waals surface area (Å²) in [6, 6.07) is 15.3. The van der Waals surface area contributed by atoms with Crippen LogP contribution in [0.5, 0.6) is 11.5 Å². The maximum Gasteiger partial charge on any atom is 0.387 e. The number of rotatable bonds is 7. The van der Waals surface area contributed by atoms with Crippen LogP contribution in [0.25, 0.3) is 0 Å². The van der Waals surface area contributed by atoms with Crippen LogP contribution in [0.4, 0.5) is 8.78 Å². The topological polar surface area (TPSA) is 38.8 Å². The van der Waals surface area contributed by atoms with Crippen LogP contribution in [0.1, 0.15) is 12.5 Å². The molecule has 0 saturated carbocycles. The van der Waals surface area contributed by atoms with Gasteiger partial charge in [0.1, 0.15) is 11.5 Å². The van der Waals surface area contributed by atoms with Gasteiger partial charge in [0.05, 0.1) is 0 Å². The van der Waals surface area contributed by atoms with Crippen molar-refractivity contribution in [2.45, 2.75) is 26.2 Å². The Labute approximate surface area is 139 Å². The molecule has 0 radical (unpaired) electrons. The van der Waals surface area contributed by atoms with E-state index in [4.69, 9.17) is 4.74 Å². The molecule has 128 valence electrons. The fraction of sp³-hybridized carbons (Fsp3) is 0.278. The Hall–Kier alpha value is -2.63. The lowest BCUT2D eigenvalue weighted by Crippen LogP contribution is -2.37. The molecule has 0 aliphatic carbocycles. The molecule has 6 heteroatoms. The normalized spacial score (nSPS) is 11.9. The van der Waals surface area contributed by atoms with Crippen molar-refractivity contribution in [3.63, 3.8) is 0 Å². The number of nitrogens with zero attached hydrogens (tertiary/aromatic N) is 1. The number of halogens is 2. The van der Waals surface area contributed by atoms with Crippen LogP contribution in [0, 0.1) is 0 Å². The highest BCUT2D eigenvalue weighted by Gasteiger charge is 2.19. The van der Waals surface area contributed by atoms with Gasteiger partial charge in [0.25, 0.3) is 5.91 Å². The van der Waals surface area contributed by atoms with Crippen molar-refractivity contribution in [1.82, 2.24) is 4.90 Å². The standard InChI is InChI=1S/C18H19F2NO3/c1-13(23-15-6-4-3-5-7-15)17(22)21(2)12-14-8-10-16(11-9-14)24-18(19)20/h3-11,13,18H,12H2,1-2H3. The minimum atomic E-state index is -2.85. The maximum atomic E-state index is 12.3. The third-order valence-corrected chi connectivity index (χ3v) is 3.35. The number of ether oxygens (including phenoxy) is 2. The van der Waals surface area contributed by atoms with Gasteiger partial charge in [-0.3, -0.25) is 4.79 Å². The second kappa shape index (κ2) is 8.29. The molecule has 2 aromatic rings. The summed E-state index contributed by atoms with van der Waals surface area (Å²) in [5, 5.41) is 0. The van der Waals surface area contributed by atoms with E-state index in [-0.39, 0.29) is 11.7 Å². The van der Waals surface area contributed by atoms with Crippen LogP contribution in [0.15, 0.2) is 54.6 Å². The minimum absolute atomic E-state index is 0.0866. The molecule has 0 aromatic heterocycles. The molecule has 2 aromatic carbocycles. The zero-order chi connectivity index (χ0) is 17.5. The molecule has 0 saturated heterocycles. The fourth-order valence-electron chi connectivity index (χ4n) is 2.19. The van der Waals surface area contributed by atoms with E-state index >= 15 is 0 Å². The predicted molar refractivity (Wildman–Crippen MR) is 86.1 cm³/mol. The second-order valence-electron chi connectivity index (χ2n) is 5.29. The smallest absolute Gasteiger partial charge is 0.387 e. The van der Waals surface area contributed by atoms with Gasteiger partial charge in [0.2, 0.25) is 0 Å². The lowest BCUT2D eigenvalue weighted by molar-refractivity contribution is -0.137. The molecule has 1 amide bonds.